The molecule has 3 rings (SSSR count). The summed E-state index contributed by atoms with van der Waals surface area (Å²) in [5, 5.41) is 3.77. The Kier molecular flexibility index (Phi) is 4.41. The van der Waals surface area contributed by atoms with E-state index < -0.39 is 0 Å². The van der Waals surface area contributed by atoms with Crippen LogP contribution >= 0.6 is 0 Å². The largest absolute Gasteiger partial charge is 0.444 e. The number of amides is 1. The molecule has 4 nitrogen and oxygen atoms in total. The van der Waals surface area contributed by atoms with E-state index in [-0.39, 0.29) is 11.7 Å². The van der Waals surface area contributed by atoms with Crippen LogP contribution in [0.3, 0.4) is 0 Å². The van der Waals surface area contributed by atoms with E-state index in [1.165, 1.54) is 32.2 Å². The van der Waals surface area contributed by atoms with Gasteiger partial charge in [-0.15, -0.1) is 0 Å². The Balaban J connectivity index is 1.35. The van der Waals surface area contributed by atoms with E-state index in [0.29, 0.717) is 17.9 Å². The first-order valence-corrected chi connectivity index (χ1v) is 9.05. The van der Waals surface area contributed by atoms with Gasteiger partial charge in [0.15, 0.2) is 0 Å². The van der Waals surface area contributed by atoms with Crippen LogP contribution in [0.25, 0.3) is 0 Å². The molecule has 0 radical (unpaired) electrons. The molecule has 126 valence electrons. The summed E-state index contributed by atoms with van der Waals surface area (Å²) < 4.78 is 5.46. The Morgan fingerprint density at radius 2 is 1.73 bits per heavy atom. The average Bonchev–Trinajstić information content (AvgIpc) is 2.88. The lowest BCUT2D eigenvalue weighted by Crippen LogP contribution is -2.40. The first-order valence-electron chi connectivity index (χ1n) is 9.05. The van der Waals surface area contributed by atoms with E-state index in [2.05, 4.69) is 12.2 Å². The fourth-order valence-electron chi connectivity index (χ4n) is 4.14. The molecule has 0 aromatic rings. The van der Waals surface area contributed by atoms with Crippen molar-refractivity contribution in [3.63, 3.8) is 0 Å². The molecule has 2 saturated carbocycles. The molecule has 0 spiro atoms. The van der Waals surface area contributed by atoms with Gasteiger partial charge in [-0.1, -0.05) is 19.8 Å². The van der Waals surface area contributed by atoms with Gasteiger partial charge in [-0.3, -0.25) is 0 Å². The maximum atomic E-state index is 12.1. The van der Waals surface area contributed by atoms with Crippen LogP contribution in [0, 0.1) is 23.7 Å². The number of ether oxygens (including phenoxy) is 1. The smallest absolute Gasteiger partial charge is 0.410 e. The fraction of sp³-hybridized carbons (Fsp3) is 0.944. The molecule has 2 aliphatic carbocycles. The van der Waals surface area contributed by atoms with Gasteiger partial charge in [-0.25, -0.2) is 4.79 Å². The number of fused-ring (bicyclic) bond motifs is 1. The third kappa shape index (κ3) is 3.76. The van der Waals surface area contributed by atoms with Crippen molar-refractivity contribution in [3.05, 3.63) is 0 Å². The van der Waals surface area contributed by atoms with Gasteiger partial charge in [0, 0.05) is 19.1 Å². The quantitative estimate of drug-likeness (QED) is 0.870. The molecule has 2 atom stereocenters. The zero-order chi connectivity index (χ0) is 15.9. The molecule has 1 N–H and O–H groups in total. The lowest BCUT2D eigenvalue weighted by molar-refractivity contribution is 0.0269. The molecule has 1 heterocycles. The van der Waals surface area contributed by atoms with Crippen molar-refractivity contribution in [3.8, 4) is 0 Å². The molecule has 2 unspecified atom stereocenters. The Hall–Kier alpha value is -0.770. The number of hydrogen-bond acceptors (Lipinski definition) is 3. The minimum atomic E-state index is -0.389. The third-order valence-corrected chi connectivity index (χ3v) is 5.62. The summed E-state index contributed by atoms with van der Waals surface area (Å²) in [6, 6.07) is 0.651. The summed E-state index contributed by atoms with van der Waals surface area (Å²) in [6.45, 7) is 11.1. The van der Waals surface area contributed by atoms with E-state index >= 15 is 0 Å². The van der Waals surface area contributed by atoms with Gasteiger partial charge in [0.1, 0.15) is 5.60 Å². The predicted molar refractivity (Wildman–Crippen MR) is 87.7 cm³/mol. The Labute approximate surface area is 135 Å². The van der Waals surface area contributed by atoms with Gasteiger partial charge in [0.25, 0.3) is 0 Å². The van der Waals surface area contributed by atoms with Gasteiger partial charge in [0.05, 0.1) is 0 Å². The molecule has 3 fully saturated rings. The zero-order valence-electron chi connectivity index (χ0n) is 14.6. The number of rotatable bonds is 3. The van der Waals surface area contributed by atoms with Crippen molar-refractivity contribution in [2.75, 3.05) is 19.6 Å². The highest BCUT2D eigenvalue weighted by molar-refractivity contribution is 5.69. The second-order valence-corrected chi connectivity index (χ2v) is 8.77. The van der Waals surface area contributed by atoms with Crippen LogP contribution in [0.4, 0.5) is 4.79 Å². The molecule has 1 saturated heterocycles. The van der Waals surface area contributed by atoms with Gasteiger partial charge in [-0.2, -0.15) is 0 Å². The molecular weight excluding hydrogens is 276 g/mol. The maximum absolute atomic E-state index is 12.1. The van der Waals surface area contributed by atoms with E-state index in [4.69, 9.17) is 4.74 Å². The summed E-state index contributed by atoms with van der Waals surface area (Å²) in [7, 11) is 0. The van der Waals surface area contributed by atoms with Crippen molar-refractivity contribution in [1.29, 1.82) is 0 Å². The number of likely N-dealkylation sites (tertiary alicyclic amines) is 1. The van der Waals surface area contributed by atoms with Crippen molar-refractivity contribution in [2.45, 2.75) is 65.0 Å². The first-order chi connectivity index (χ1) is 10.3. The standard InChI is InChI=1S/C18H32N2O2/c1-12-5-7-13(8-6-12)9-19-16-14-10-20(11-15(14)16)17(21)22-18(2,3)4/h12-16,19H,5-11H2,1-4H3. The van der Waals surface area contributed by atoms with E-state index in [1.807, 2.05) is 25.7 Å². The third-order valence-electron chi connectivity index (χ3n) is 5.62. The minimum absolute atomic E-state index is 0.139. The number of hydrogen-bond donors (Lipinski definition) is 1. The molecule has 4 heteroatoms. The topological polar surface area (TPSA) is 41.6 Å². The molecule has 22 heavy (non-hydrogen) atoms. The van der Waals surface area contributed by atoms with E-state index in [9.17, 15) is 4.79 Å². The van der Waals surface area contributed by atoms with Crippen molar-refractivity contribution in [1.82, 2.24) is 10.2 Å². The monoisotopic (exact) mass is 308 g/mol. The molecule has 3 aliphatic rings. The summed E-state index contributed by atoms with van der Waals surface area (Å²) in [5.41, 5.74) is -0.389. The number of carbonyl (C=O) groups is 1. The molecule has 0 aromatic carbocycles. The Morgan fingerprint density at radius 3 is 2.27 bits per heavy atom. The Bertz CT molecular complexity index is 398. The van der Waals surface area contributed by atoms with Crippen LogP contribution < -0.4 is 5.32 Å². The normalized spacial score (nSPS) is 37.8. The number of nitrogens with one attached hydrogen (secondary N) is 1. The molecule has 1 aliphatic heterocycles. The fourth-order valence-corrected chi connectivity index (χ4v) is 4.14. The van der Waals surface area contributed by atoms with Gasteiger partial charge in [0.2, 0.25) is 0 Å². The summed E-state index contributed by atoms with van der Waals surface area (Å²) >= 11 is 0. The van der Waals surface area contributed by atoms with Crippen molar-refractivity contribution in [2.24, 2.45) is 23.7 Å². The average molecular weight is 308 g/mol. The van der Waals surface area contributed by atoms with Crippen LogP contribution in [0.5, 0.6) is 0 Å². The van der Waals surface area contributed by atoms with Crippen LogP contribution in [0.15, 0.2) is 0 Å². The van der Waals surface area contributed by atoms with Crippen molar-refractivity contribution >= 4 is 6.09 Å². The molecular formula is C18H32N2O2. The highest BCUT2D eigenvalue weighted by Gasteiger charge is 2.57. The zero-order valence-corrected chi connectivity index (χ0v) is 14.6. The van der Waals surface area contributed by atoms with Gasteiger partial charge >= 0.3 is 6.09 Å². The number of carbonyl (C=O) groups excluding carboxylic acids is 1. The van der Waals surface area contributed by atoms with Crippen LogP contribution in [-0.4, -0.2) is 42.3 Å². The van der Waals surface area contributed by atoms with Crippen LogP contribution in [0.1, 0.15) is 53.4 Å². The molecule has 0 bridgehead atoms. The van der Waals surface area contributed by atoms with Crippen molar-refractivity contribution < 1.29 is 9.53 Å². The first kappa shape index (κ1) is 16.1. The lowest BCUT2D eigenvalue weighted by Gasteiger charge is -2.28. The Morgan fingerprint density at radius 1 is 1.14 bits per heavy atom. The predicted octanol–water partition coefficient (Wildman–Crippen LogP) is 3.27. The second-order valence-electron chi connectivity index (χ2n) is 8.77. The maximum Gasteiger partial charge on any atom is 0.410 e. The van der Waals surface area contributed by atoms with Gasteiger partial charge in [-0.05, 0) is 63.8 Å². The summed E-state index contributed by atoms with van der Waals surface area (Å²) in [4.78, 5) is 13.9. The SMILES string of the molecule is CC1CCC(CNC2C3CN(C(=O)OC(C)(C)C)CC32)CC1. The summed E-state index contributed by atoms with van der Waals surface area (Å²) in [6.07, 6.45) is 5.44. The minimum Gasteiger partial charge on any atom is -0.444 e. The highest BCUT2D eigenvalue weighted by atomic mass is 16.6. The van der Waals surface area contributed by atoms with Crippen LogP contribution in [-0.2, 0) is 4.74 Å². The molecule has 0 aromatic heterocycles. The number of piperidine rings is 1. The lowest BCUT2D eigenvalue weighted by atomic mass is 9.83. The highest BCUT2D eigenvalue weighted by Crippen LogP contribution is 2.46. The summed E-state index contributed by atoms with van der Waals surface area (Å²) in [5.74, 6) is 3.13. The molecule has 1 amide bonds. The van der Waals surface area contributed by atoms with Crippen LogP contribution in [0.2, 0.25) is 0 Å². The van der Waals surface area contributed by atoms with E-state index in [1.54, 1.807) is 0 Å². The van der Waals surface area contributed by atoms with E-state index in [0.717, 1.165) is 24.9 Å². The second kappa shape index (κ2) is 6.03. The number of nitrogens with zero attached hydrogens (tertiary/aromatic N) is 1. The van der Waals surface area contributed by atoms with Gasteiger partial charge < -0.3 is 15.0 Å².